The molecule has 0 aliphatic heterocycles. The summed E-state index contributed by atoms with van der Waals surface area (Å²) in [6.07, 6.45) is -0.595. The summed E-state index contributed by atoms with van der Waals surface area (Å²) in [6.45, 7) is 3.63. The van der Waals surface area contributed by atoms with Gasteiger partial charge in [-0.15, -0.1) is 0 Å². The van der Waals surface area contributed by atoms with Crippen LogP contribution < -0.4 is 10.1 Å². The van der Waals surface area contributed by atoms with E-state index in [0.717, 1.165) is 12.1 Å². The molecule has 0 heterocycles. The zero-order valence-electron chi connectivity index (χ0n) is 11.1. The number of nitrogens with one attached hydrogen (secondary N) is 1. The van der Waals surface area contributed by atoms with Gasteiger partial charge in [-0.05, 0) is 31.4 Å². The average molecular weight is 352 g/mol. The number of carbonyl (C=O) groups is 1. The summed E-state index contributed by atoms with van der Waals surface area (Å²) in [5.41, 5.74) is 0. The number of hydrogen-bond acceptors (Lipinski definition) is 2. The smallest absolute Gasteiger partial charge is 0.404 e. The fourth-order valence-corrected chi connectivity index (χ4v) is 2.24. The molecule has 0 saturated carbocycles. The Hall–Kier alpha value is -1.37. The summed E-state index contributed by atoms with van der Waals surface area (Å²) in [7, 11) is 0. The first-order valence-corrected chi connectivity index (χ1v) is 6.85. The van der Waals surface area contributed by atoms with Gasteiger partial charge in [0, 0.05) is 10.5 Å². The van der Waals surface area contributed by atoms with E-state index in [0.29, 0.717) is 10.9 Å². The van der Waals surface area contributed by atoms with Crippen molar-refractivity contribution >= 4 is 22.0 Å². The van der Waals surface area contributed by atoms with Gasteiger partial charge in [0.05, 0.1) is 6.61 Å². The third-order valence-electron chi connectivity index (χ3n) is 2.60. The van der Waals surface area contributed by atoms with Crippen LogP contribution in [0.15, 0.2) is 16.6 Å². The van der Waals surface area contributed by atoms with E-state index >= 15 is 0 Å². The van der Waals surface area contributed by atoms with Crippen molar-refractivity contribution in [1.29, 1.82) is 0 Å². The Morgan fingerprint density at radius 1 is 1.40 bits per heavy atom. The number of benzene rings is 1. The molecule has 2 N–H and O–H groups in total. The fraction of sp³-hybridized carbons (Fsp3) is 0.462. The monoisotopic (exact) mass is 351 g/mol. The van der Waals surface area contributed by atoms with E-state index in [1.807, 2.05) is 6.92 Å². The van der Waals surface area contributed by atoms with E-state index in [4.69, 9.17) is 9.84 Å². The highest BCUT2D eigenvalue weighted by Gasteiger charge is 2.15. The van der Waals surface area contributed by atoms with E-state index in [2.05, 4.69) is 21.2 Å². The van der Waals surface area contributed by atoms with Gasteiger partial charge in [0.15, 0.2) is 17.4 Å². The van der Waals surface area contributed by atoms with Crippen LogP contribution in [0.1, 0.15) is 20.3 Å². The molecule has 0 aliphatic rings. The zero-order chi connectivity index (χ0) is 15.3. The van der Waals surface area contributed by atoms with E-state index in [9.17, 15) is 13.6 Å². The molecule has 0 fully saturated rings. The summed E-state index contributed by atoms with van der Waals surface area (Å²) in [5, 5.41) is 10.9. The largest absolute Gasteiger partial charge is 0.487 e. The summed E-state index contributed by atoms with van der Waals surface area (Å²) in [6, 6.07) is 1.99. The van der Waals surface area contributed by atoms with Gasteiger partial charge in [-0.1, -0.05) is 22.9 Å². The van der Waals surface area contributed by atoms with Gasteiger partial charge in [-0.2, -0.15) is 0 Å². The quantitative estimate of drug-likeness (QED) is 0.819. The Morgan fingerprint density at radius 2 is 1.95 bits per heavy atom. The van der Waals surface area contributed by atoms with Gasteiger partial charge < -0.3 is 15.2 Å². The van der Waals surface area contributed by atoms with Crippen LogP contribution in [0.25, 0.3) is 0 Å². The van der Waals surface area contributed by atoms with Crippen LogP contribution in [0.3, 0.4) is 0 Å². The topological polar surface area (TPSA) is 58.6 Å². The lowest BCUT2D eigenvalue weighted by atomic mass is 10.0. The Balaban J connectivity index is 2.53. The van der Waals surface area contributed by atoms with Gasteiger partial charge in [-0.3, -0.25) is 0 Å². The van der Waals surface area contributed by atoms with Crippen LogP contribution in [0.4, 0.5) is 13.6 Å². The maximum absolute atomic E-state index is 13.5. The second-order valence-electron chi connectivity index (χ2n) is 4.70. The predicted molar refractivity (Wildman–Crippen MR) is 74.0 cm³/mol. The first-order valence-electron chi connectivity index (χ1n) is 6.06. The van der Waals surface area contributed by atoms with E-state index in [-0.39, 0.29) is 18.6 Å². The number of hydrogen-bond donors (Lipinski definition) is 2. The number of carboxylic acid groups (broad SMARTS) is 1. The molecule has 0 aliphatic carbocycles. The molecule has 4 nitrogen and oxygen atoms in total. The molecule has 0 spiro atoms. The molecule has 1 rings (SSSR count). The van der Waals surface area contributed by atoms with Crippen LogP contribution in [-0.4, -0.2) is 23.8 Å². The summed E-state index contributed by atoms with van der Waals surface area (Å²) < 4.78 is 32.5. The second kappa shape index (κ2) is 7.42. The maximum Gasteiger partial charge on any atom is 0.404 e. The van der Waals surface area contributed by atoms with Crippen molar-refractivity contribution < 1.29 is 23.4 Å². The molecule has 7 heteroatoms. The SMILES string of the molecule is CC(C[C@H](C)COc1c(F)cc(Br)cc1F)NC(=O)O. The zero-order valence-corrected chi connectivity index (χ0v) is 12.7. The average Bonchev–Trinajstić information content (AvgIpc) is 2.25. The molecular weight excluding hydrogens is 336 g/mol. The molecule has 1 aromatic carbocycles. The third-order valence-corrected chi connectivity index (χ3v) is 3.06. The van der Waals surface area contributed by atoms with Crippen LogP contribution in [0.5, 0.6) is 5.75 Å². The fourth-order valence-electron chi connectivity index (χ4n) is 1.83. The molecule has 1 amide bonds. The van der Waals surface area contributed by atoms with Crippen molar-refractivity contribution in [3.63, 3.8) is 0 Å². The minimum atomic E-state index is -1.10. The van der Waals surface area contributed by atoms with Gasteiger partial charge in [0.1, 0.15) is 0 Å². The van der Waals surface area contributed by atoms with Crippen molar-refractivity contribution in [2.75, 3.05) is 6.61 Å². The van der Waals surface area contributed by atoms with Crippen molar-refractivity contribution in [3.8, 4) is 5.75 Å². The maximum atomic E-state index is 13.5. The molecular formula is C13H16BrF2NO3. The van der Waals surface area contributed by atoms with Gasteiger partial charge in [0.2, 0.25) is 0 Å². The Morgan fingerprint density at radius 3 is 2.45 bits per heavy atom. The van der Waals surface area contributed by atoms with E-state index < -0.39 is 23.5 Å². The van der Waals surface area contributed by atoms with Crippen LogP contribution in [0.2, 0.25) is 0 Å². The molecule has 20 heavy (non-hydrogen) atoms. The molecule has 0 saturated heterocycles. The van der Waals surface area contributed by atoms with Gasteiger partial charge in [0.25, 0.3) is 0 Å². The normalized spacial score (nSPS) is 13.7. The van der Waals surface area contributed by atoms with Gasteiger partial charge in [-0.25, -0.2) is 13.6 Å². The first-order chi connectivity index (χ1) is 9.29. The number of rotatable bonds is 6. The van der Waals surface area contributed by atoms with Crippen molar-refractivity contribution in [2.24, 2.45) is 5.92 Å². The Bertz CT molecular complexity index is 462. The summed E-state index contributed by atoms with van der Waals surface area (Å²) in [5.74, 6) is -2.03. The Labute approximate surface area is 124 Å². The van der Waals surface area contributed by atoms with Crippen molar-refractivity contribution in [2.45, 2.75) is 26.3 Å². The highest BCUT2D eigenvalue weighted by molar-refractivity contribution is 9.10. The second-order valence-corrected chi connectivity index (χ2v) is 5.62. The molecule has 1 unspecified atom stereocenters. The molecule has 2 atom stereocenters. The molecule has 112 valence electrons. The minimum absolute atomic E-state index is 0.0562. The standard InChI is InChI=1S/C13H16BrF2NO3/c1-7(3-8(2)17-13(18)19)6-20-12-10(15)4-9(14)5-11(12)16/h4-5,7-8,17H,3,6H2,1-2H3,(H,18,19)/t7-,8?/m0/s1. The minimum Gasteiger partial charge on any atom is -0.487 e. The van der Waals surface area contributed by atoms with Crippen molar-refractivity contribution in [3.05, 3.63) is 28.2 Å². The van der Waals surface area contributed by atoms with E-state index in [1.54, 1.807) is 6.92 Å². The summed E-state index contributed by atoms with van der Waals surface area (Å²) in [4.78, 5) is 10.4. The van der Waals surface area contributed by atoms with Gasteiger partial charge >= 0.3 is 6.09 Å². The molecule has 0 bridgehead atoms. The lowest BCUT2D eigenvalue weighted by Gasteiger charge is -2.18. The first kappa shape index (κ1) is 16.7. The van der Waals surface area contributed by atoms with Crippen LogP contribution in [-0.2, 0) is 0 Å². The molecule has 0 radical (unpaired) electrons. The van der Waals surface area contributed by atoms with Crippen LogP contribution in [0, 0.1) is 17.6 Å². The highest BCUT2D eigenvalue weighted by Crippen LogP contribution is 2.26. The number of amides is 1. The highest BCUT2D eigenvalue weighted by atomic mass is 79.9. The third kappa shape index (κ3) is 5.32. The lowest BCUT2D eigenvalue weighted by Crippen LogP contribution is -2.33. The summed E-state index contributed by atoms with van der Waals surface area (Å²) >= 11 is 2.98. The molecule has 1 aromatic rings. The number of ether oxygens (including phenoxy) is 1. The van der Waals surface area contributed by atoms with E-state index in [1.165, 1.54) is 0 Å². The van der Waals surface area contributed by atoms with Crippen LogP contribution >= 0.6 is 15.9 Å². The number of halogens is 3. The predicted octanol–water partition coefficient (Wildman–Crippen LogP) is 3.79. The lowest BCUT2D eigenvalue weighted by molar-refractivity contribution is 0.184. The molecule has 0 aromatic heterocycles. The van der Waals surface area contributed by atoms with Crippen molar-refractivity contribution in [1.82, 2.24) is 5.32 Å². The Kier molecular flexibility index (Phi) is 6.19.